The summed E-state index contributed by atoms with van der Waals surface area (Å²) in [7, 11) is 3.30. The van der Waals surface area contributed by atoms with Gasteiger partial charge in [0.15, 0.2) is 11.5 Å². The molecule has 7 heteroatoms. The van der Waals surface area contributed by atoms with Crippen LogP contribution in [-0.2, 0) is 0 Å². The van der Waals surface area contributed by atoms with E-state index < -0.39 is 0 Å². The van der Waals surface area contributed by atoms with E-state index in [-0.39, 0.29) is 5.91 Å². The number of carbonyl (C=O) groups is 1. The number of anilines is 1. The first-order valence-corrected chi connectivity index (χ1v) is 12.2. The summed E-state index contributed by atoms with van der Waals surface area (Å²) in [5, 5.41) is 0.958. The molecule has 0 unspecified atom stereocenters. The molecule has 1 aromatic heterocycles. The van der Waals surface area contributed by atoms with E-state index in [0.717, 1.165) is 54.0 Å². The lowest BCUT2D eigenvalue weighted by molar-refractivity contribution is 0.0746. The Labute approximate surface area is 200 Å². The molecule has 2 aromatic carbocycles. The fourth-order valence-corrected chi connectivity index (χ4v) is 5.13. The van der Waals surface area contributed by atoms with Gasteiger partial charge in [-0.1, -0.05) is 37.5 Å². The Hall–Kier alpha value is -3.35. The second-order valence-corrected chi connectivity index (χ2v) is 9.11. The molecule has 0 N–H and O–H groups in total. The minimum Gasteiger partial charge on any atom is -0.493 e. The molecule has 2 heterocycles. The van der Waals surface area contributed by atoms with Crippen molar-refractivity contribution in [3.8, 4) is 11.5 Å². The molecule has 1 amide bonds. The summed E-state index contributed by atoms with van der Waals surface area (Å²) in [5.74, 6) is 3.68. The molecule has 2 aliphatic rings. The van der Waals surface area contributed by atoms with Crippen LogP contribution in [0.1, 0.15) is 54.2 Å². The normalized spacial score (nSPS) is 17.1. The van der Waals surface area contributed by atoms with E-state index >= 15 is 0 Å². The Bertz CT molecular complexity index is 1150. The number of fused-ring (bicyclic) bond motifs is 1. The largest absolute Gasteiger partial charge is 0.493 e. The van der Waals surface area contributed by atoms with Crippen molar-refractivity contribution < 1.29 is 14.3 Å². The molecule has 3 aromatic rings. The quantitative estimate of drug-likeness (QED) is 0.552. The van der Waals surface area contributed by atoms with Crippen molar-refractivity contribution in [2.24, 2.45) is 0 Å². The molecule has 5 rings (SSSR count). The highest BCUT2D eigenvalue weighted by atomic mass is 16.5. The zero-order valence-corrected chi connectivity index (χ0v) is 20.0. The molecular weight excluding hydrogens is 428 g/mol. The maximum absolute atomic E-state index is 12.9. The lowest BCUT2D eigenvalue weighted by Gasteiger charge is -2.36. The minimum absolute atomic E-state index is 0.0853. The lowest BCUT2D eigenvalue weighted by atomic mass is 9.88. The van der Waals surface area contributed by atoms with Gasteiger partial charge in [-0.05, 0) is 31.0 Å². The van der Waals surface area contributed by atoms with Gasteiger partial charge in [0.1, 0.15) is 11.6 Å². The van der Waals surface area contributed by atoms with E-state index in [4.69, 9.17) is 19.4 Å². The number of hydrogen-bond acceptors (Lipinski definition) is 6. The first kappa shape index (κ1) is 22.4. The molecular formula is C27H32N4O3. The van der Waals surface area contributed by atoms with Crippen molar-refractivity contribution in [2.45, 2.75) is 38.0 Å². The highest BCUT2D eigenvalue weighted by Gasteiger charge is 2.27. The summed E-state index contributed by atoms with van der Waals surface area (Å²) < 4.78 is 11.1. The number of hydrogen-bond donors (Lipinski definition) is 0. The van der Waals surface area contributed by atoms with Crippen LogP contribution in [0.5, 0.6) is 11.5 Å². The maximum atomic E-state index is 12.9. The molecule has 7 nitrogen and oxygen atoms in total. The van der Waals surface area contributed by atoms with E-state index in [1.165, 1.54) is 19.3 Å². The highest BCUT2D eigenvalue weighted by Crippen LogP contribution is 2.38. The lowest BCUT2D eigenvalue weighted by Crippen LogP contribution is -2.49. The van der Waals surface area contributed by atoms with Gasteiger partial charge in [0.25, 0.3) is 5.91 Å². The third-order valence-electron chi connectivity index (χ3n) is 7.06. The van der Waals surface area contributed by atoms with Gasteiger partial charge in [0.05, 0.1) is 19.7 Å². The average molecular weight is 461 g/mol. The molecule has 0 atom stereocenters. The van der Waals surface area contributed by atoms with Crippen molar-refractivity contribution in [1.82, 2.24) is 14.9 Å². The van der Waals surface area contributed by atoms with E-state index in [2.05, 4.69) is 4.90 Å². The summed E-state index contributed by atoms with van der Waals surface area (Å²) in [5.41, 5.74) is 1.62. The van der Waals surface area contributed by atoms with Gasteiger partial charge >= 0.3 is 0 Å². The van der Waals surface area contributed by atoms with E-state index in [9.17, 15) is 4.79 Å². The molecule has 0 bridgehead atoms. The van der Waals surface area contributed by atoms with Gasteiger partial charge in [-0.3, -0.25) is 4.79 Å². The van der Waals surface area contributed by atoms with Crippen LogP contribution in [0.3, 0.4) is 0 Å². The zero-order valence-electron chi connectivity index (χ0n) is 20.0. The van der Waals surface area contributed by atoms with Crippen LogP contribution in [0.2, 0.25) is 0 Å². The van der Waals surface area contributed by atoms with Gasteiger partial charge in [0.2, 0.25) is 0 Å². The first-order valence-electron chi connectivity index (χ1n) is 12.2. The van der Waals surface area contributed by atoms with Gasteiger partial charge < -0.3 is 19.3 Å². The Balaban J connectivity index is 1.47. The fraction of sp³-hybridized carbons (Fsp3) is 0.444. The second-order valence-electron chi connectivity index (χ2n) is 9.11. The molecule has 178 valence electrons. The standard InChI is InChI=1S/C27H32N4O3/c1-33-23-17-21-22(18-24(23)34-2)28-25(19-9-5-3-6-10-19)29-26(21)30-13-15-31(16-14-30)27(32)20-11-7-4-8-12-20/h4,7-8,11-12,17-19H,3,5-6,9-10,13-16H2,1-2H3. The Morgan fingerprint density at radius 3 is 2.24 bits per heavy atom. The SMILES string of the molecule is COc1cc2nc(C3CCCCC3)nc(N3CCN(C(=O)c4ccccc4)CC3)c2cc1OC. The van der Waals surface area contributed by atoms with Gasteiger partial charge in [-0.2, -0.15) is 0 Å². The smallest absolute Gasteiger partial charge is 0.253 e. The molecule has 1 saturated carbocycles. The Kier molecular flexibility index (Phi) is 6.52. The summed E-state index contributed by atoms with van der Waals surface area (Å²) in [6, 6.07) is 13.4. The number of ether oxygens (including phenoxy) is 2. The predicted octanol–water partition coefficient (Wildman–Crippen LogP) is 4.66. The van der Waals surface area contributed by atoms with Crippen LogP contribution in [-0.4, -0.2) is 61.2 Å². The molecule has 1 aliphatic heterocycles. The van der Waals surface area contributed by atoms with Crippen LogP contribution in [0.15, 0.2) is 42.5 Å². The summed E-state index contributed by atoms with van der Waals surface area (Å²) in [4.78, 5) is 27.2. The third-order valence-corrected chi connectivity index (χ3v) is 7.06. The molecule has 0 spiro atoms. The number of piperazine rings is 1. The minimum atomic E-state index is 0.0853. The summed E-state index contributed by atoms with van der Waals surface area (Å²) in [6.45, 7) is 2.77. The number of nitrogens with zero attached hydrogens (tertiary/aromatic N) is 4. The molecule has 1 saturated heterocycles. The van der Waals surface area contributed by atoms with Gasteiger partial charge in [-0.15, -0.1) is 0 Å². The Morgan fingerprint density at radius 1 is 0.882 bits per heavy atom. The molecule has 34 heavy (non-hydrogen) atoms. The second kappa shape index (κ2) is 9.87. The van der Waals surface area contributed by atoms with E-state index in [1.807, 2.05) is 47.4 Å². The molecule has 2 fully saturated rings. The van der Waals surface area contributed by atoms with Gasteiger partial charge in [-0.25, -0.2) is 9.97 Å². The third kappa shape index (κ3) is 4.39. The van der Waals surface area contributed by atoms with Crippen molar-refractivity contribution in [2.75, 3.05) is 45.3 Å². The van der Waals surface area contributed by atoms with Crippen LogP contribution in [0.25, 0.3) is 10.9 Å². The average Bonchev–Trinajstić information content (AvgIpc) is 2.92. The maximum Gasteiger partial charge on any atom is 0.253 e. The number of aromatic nitrogens is 2. The number of rotatable bonds is 5. The van der Waals surface area contributed by atoms with Crippen LogP contribution in [0.4, 0.5) is 5.82 Å². The summed E-state index contributed by atoms with van der Waals surface area (Å²) >= 11 is 0. The van der Waals surface area contributed by atoms with E-state index in [1.54, 1.807) is 14.2 Å². The van der Waals surface area contributed by atoms with Crippen molar-refractivity contribution >= 4 is 22.6 Å². The first-order chi connectivity index (χ1) is 16.7. The topological polar surface area (TPSA) is 67.8 Å². The zero-order chi connectivity index (χ0) is 23.5. The van der Waals surface area contributed by atoms with Gasteiger partial charge in [0, 0.05) is 49.1 Å². The Morgan fingerprint density at radius 2 is 1.56 bits per heavy atom. The summed E-state index contributed by atoms with van der Waals surface area (Å²) in [6.07, 6.45) is 6.02. The number of methoxy groups -OCH3 is 2. The van der Waals surface area contributed by atoms with E-state index in [0.29, 0.717) is 30.5 Å². The number of carbonyl (C=O) groups excluding carboxylic acids is 1. The van der Waals surface area contributed by atoms with Crippen LogP contribution >= 0.6 is 0 Å². The molecule has 0 radical (unpaired) electrons. The van der Waals surface area contributed by atoms with Crippen molar-refractivity contribution in [3.63, 3.8) is 0 Å². The number of benzene rings is 2. The van der Waals surface area contributed by atoms with Crippen LogP contribution in [0, 0.1) is 0 Å². The highest BCUT2D eigenvalue weighted by molar-refractivity contribution is 5.95. The van der Waals surface area contributed by atoms with Crippen molar-refractivity contribution in [3.05, 3.63) is 53.9 Å². The fourth-order valence-electron chi connectivity index (χ4n) is 5.13. The predicted molar refractivity (Wildman–Crippen MR) is 133 cm³/mol. The van der Waals surface area contributed by atoms with Crippen LogP contribution < -0.4 is 14.4 Å². The molecule has 1 aliphatic carbocycles. The number of amides is 1. The monoisotopic (exact) mass is 460 g/mol. The van der Waals surface area contributed by atoms with Crippen molar-refractivity contribution in [1.29, 1.82) is 0 Å².